The van der Waals surface area contributed by atoms with E-state index in [0.29, 0.717) is 16.2 Å². The van der Waals surface area contributed by atoms with Gasteiger partial charge in [0.15, 0.2) is 0 Å². The van der Waals surface area contributed by atoms with Crippen molar-refractivity contribution in [2.24, 2.45) is 0 Å². The van der Waals surface area contributed by atoms with Crippen molar-refractivity contribution in [2.75, 3.05) is 0 Å². The maximum atomic E-state index is 11.6. The minimum Gasteiger partial charge on any atom is -0.416 e. The van der Waals surface area contributed by atoms with E-state index in [2.05, 4.69) is 9.79 Å². The minimum absolute atomic E-state index is 0.146. The van der Waals surface area contributed by atoms with Crippen molar-refractivity contribution in [1.29, 1.82) is 0 Å². The molecule has 19 heavy (non-hydrogen) atoms. The number of hydrogen-bond donors (Lipinski definition) is 0. The van der Waals surface area contributed by atoms with Crippen molar-refractivity contribution in [2.45, 2.75) is 0 Å². The van der Waals surface area contributed by atoms with E-state index in [-0.39, 0.29) is 11.6 Å². The molecule has 0 atom stereocenters. The summed E-state index contributed by atoms with van der Waals surface area (Å²) >= 11 is 0. The molecule has 0 aliphatic carbocycles. The predicted octanol–water partition coefficient (Wildman–Crippen LogP) is 2.77. The van der Waals surface area contributed by atoms with E-state index < -0.39 is 0 Å². The summed E-state index contributed by atoms with van der Waals surface area (Å²) in [6.07, 6.45) is 0. The third kappa shape index (κ3) is 2.26. The lowest BCUT2D eigenvalue weighted by atomic mass is 10.2. The lowest BCUT2D eigenvalue weighted by molar-refractivity contribution is -0.793. The highest BCUT2D eigenvalue weighted by Gasteiger charge is 2.23. The van der Waals surface area contributed by atoms with Gasteiger partial charge in [-0.25, -0.2) is 0 Å². The Labute approximate surface area is 109 Å². The number of hydrogen-bond acceptors (Lipinski definition) is 4. The predicted molar refractivity (Wildman–Crippen MR) is 67.4 cm³/mol. The van der Waals surface area contributed by atoms with E-state index in [4.69, 9.17) is 4.74 Å². The van der Waals surface area contributed by atoms with E-state index in [1.165, 1.54) is 0 Å². The number of ether oxygens (including phenoxy) is 1. The van der Waals surface area contributed by atoms with Gasteiger partial charge in [-0.1, -0.05) is 48.5 Å². The van der Waals surface area contributed by atoms with Crippen LogP contribution in [0.4, 0.5) is 0 Å². The second-order valence-corrected chi connectivity index (χ2v) is 3.86. The number of rotatable bonds is 3. The number of para-hydroxylation sites is 1. The zero-order chi connectivity index (χ0) is 13.1. The quantitative estimate of drug-likeness (QED) is 0.674. The molecule has 1 aromatic heterocycles. The molecule has 0 bridgehead atoms. The van der Waals surface area contributed by atoms with Crippen LogP contribution < -0.4 is 9.64 Å². The SMILES string of the molecule is [O-][n+]1onc(Oc2ccccc2)c1-c1ccccc1. The lowest BCUT2D eigenvalue weighted by Crippen LogP contribution is -2.25. The van der Waals surface area contributed by atoms with Crippen LogP contribution in [0.15, 0.2) is 65.3 Å². The maximum absolute atomic E-state index is 11.6. The van der Waals surface area contributed by atoms with Crippen molar-refractivity contribution in [3.63, 3.8) is 0 Å². The van der Waals surface area contributed by atoms with Crippen molar-refractivity contribution >= 4 is 0 Å². The highest BCUT2D eigenvalue weighted by atomic mass is 16.8. The van der Waals surface area contributed by atoms with Gasteiger partial charge in [0.25, 0.3) is 5.69 Å². The van der Waals surface area contributed by atoms with Crippen LogP contribution in [0.3, 0.4) is 0 Å². The molecule has 0 N–H and O–H groups in total. The maximum Gasteiger partial charge on any atom is 0.408 e. The Bertz CT molecular complexity index is 666. The molecule has 94 valence electrons. The first-order valence-corrected chi connectivity index (χ1v) is 5.72. The van der Waals surface area contributed by atoms with Gasteiger partial charge >= 0.3 is 5.88 Å². The third-order valence-electron chi connectivity index (χ3n) is 2.59. The van der Waals surface area contributed by atoms with E-state index in [1.54, 1.807) is 24.3 Å². The summed E-state index contributed by atoms with van der Waals surface area (Å²) in [5.74, 6) is 0.737. The number of benzene rings is 2. The standard InChI is InChI=1S/C14H10N2O3/c17-16-13(11-7-3-1-4-8-11)14(15-19-16)18-12-9-5-2-6-10-12/h1-10H. The molecular weight excluding hydrogens is 244 g/mol. The summed E-state index contributed by atoms with van der Waals surface area (Å²) in [5.41, 5.74) is 0.939. The van der Waals surface area contributed by atoms with Crippen molar-refractivity contribution in [3.8, 4) is 22.9 Å². The van der Waals surface area contributed by atoms with Gasteiger partial charge in [0.1, 0.15) is 5.75 Å². The van der Waals surface area contributed by atoms with Gasteiger partial charge in [0.05, 0.1) is 5.16 Å². The molecule has 1 heterocycles. The lowest BCUT2D eigenvalue weighted by Gasteiger charge is -2.00. The minimum atomic E-state index is 0.146. The van der Waals surface area contributed by atoms with E-state index >= 15 is 0 Å². The summed E-state index contributed by atoms with van der Waals surface area (Å²) in [6.45, 7) is 0. The van der Waals surface area contributed by atoms with Gasteiger partial charge in [-0.05, 0) is 17.0 Å². The van der Waals surface area contributed by atoms with E-state index in [1.807, 2.05) is 36.4 Å². The molecule has 0 spiro atoms. The molecule has 3 aromatic rings. The molecule has 0 aliphatic rings. The first kappa shape index (κ1) is 11.3. The molecule has 0 aliphatic heterocycles. The second kappa shape index (κ2) is 4.81. The molecule has 0 saturated heterocycles. The third-order valence-corrected chi connectivity index (χ3v) is 2.59. The first-order valence-electron chi connectivity index (χ1n) is 5.72. The van der Waals surface area contributed by atoms with Gasteiger partial charge in [0.2, 0.25) is 0 Å². The molecule has 0 fully saturated rings. The number of nitrogens with zero attached hydrogens (tertiary/aromatic N) is 2. The topological polar surface area (TPSA) is 62.2 Å². The fraction of sp³-hybridized carbons (Fsp3) is 0. The van der Waals surface area contributed by atoms with Gasteiger partial charge < -0.3 is 9.94 Å². The fourth-order valence-corrected chi connectivity index (χ4v) is 1.73. The van der Waals surface area contributed by atoms with Crippen LogP contribution in [0, 0.1) is 5.21 Å². The highest BCUT2D eigenvalue weighted by Crippen LogP contribution is 2.28. The molecule has 2 aromatic carbocycles. The average Bonchev–Trinajstić information content (AvgIpc) is 2.82. The van der Waals surface area contributed by atoms with Crippen LogP contribution >= 0.6 is 0 Å². The van der Waals surface area contributed by atoms with Gasteiger partial charge in [-0.2, -0.15) is 0 Å². The van der Waals surface area contributed by atoms with Gasteiger partial charge in [0, 0.05) is 5.56 Å². The summed E-state index contributed by atoms with van der Waals surface area (Å²) < 4.78 is 10.2. The molecule has 5 nitrogen and oxygen atoms in total. The van der Waals surface area contributed by atoms with Crippen molar-refractivity contribution in [1.82, 2.24) is 5.16 Å². The molecular formula is C14H10N2O3. The molecule has 0 unspecified atom stereocenters. The van der Waals surface area contributed by atoms with Crippen LogP contribution in [0.25, 0.3) is 11.3 Å². The summed E-state index contributed by atoms with van der Waals surface area (Å²) in [4.78, 5) is 0.341. The van der Waals surface area contributed by atoms with Crippen LogP contribution in [0.2, 0.25) is 0 Å². The zero-order valence-electron chi connectivity index (χ0n) is 9.89. The molecule has 0 amide bonds. The Kier molecular flexibility index (Phi) is 2.86. The van der Waals surface area contributed by atoms with Crippen LogP contribution in [0.5, 0.6) is 11.6 Å². The van der Waals surface area contributed by atoms with Crippen molar-refractivity contribution < 1.29 is 14.3 Å². The summed E-state index contributed by atoms with van der Waals surface area (Å²) in [7, 11) is 0. The first-order chi connectivity index (χ1) is 9.34. The van der Waals surface area contributed by atoms with Crippen LogP contribution in [-0.2, 0) is 0 Å². The molecule has 0 radical (unpaired) electrons. The summed E-state index contributed by atoms with van der Waals surface area (Å²) in [6, 6.07) is 18.2. The Morgan fingerprint density at radius 1 is 0.947 bits per heavy atom. The zero-order valence-corrected chi connectivity index (χ0v) is 9.89. The fourth-order valence-electron chi connectivity index (χ4n) is 1.73. The van der Waals surface area contributed by atoms with Gasteiger partial charge in [-0.3, -0.25) is 4.63 Å². The Morgan fingerprint density at radius 2 is 1.58 bits per heavy atom. The second-order valence-electron chi connectivity index (χ2n) is 3.86. The molecule has 0 saturated carbocycles. The monoisotopic (exact) mass is 254 g/mol. The Morgan fingerprint density at radius 3 is 2.26 bits per heavy atom. The normalized spacial score (nSPS) is 10.3. The van der Waals surface area contributed by atoms with Gasteiger partial charge in [-0.15, -0.1) is 0 Å². The smallest absolute Gasteiger partial charge is 0.408 e. The molecule has 5 heteroatoms. The van der Waals surface area contributed by atoms with Crippen molar-refractivity contribution in [3.05, 3.63) is 65.9 Å². The van der Waals surface area contributed by atoms with E-state index in [9.17, 15) is 5.21 Å². The molecule has 3 rings (SSSR count). The summed E-state index contributed by atoms with van der Waals surface area (Å²) in [5, 5.41) is 15.3. The number of aromatic nitrogens is 2. The Hall–Kier alpha value is -2.82. The average molecular weight is 254 g/mol. The largest absolute Gasteiger partial charge is 0.416 e. The Balaban J connectivity index is 2.00. The van der Waals surface area contributed by atoms with Crippen LogP contribution in [-0.4, -0.2) is 5.16 Å². The van der Waals surface area contributed by atoms with Crippen LogP contribution in [0.1, 0.15) is 0 Å². The van der Waals surface area contributed by atoms with E-state index in [0.717, 1.165) is 0 Å². The highest BCUT2D eigenvalue weighted by molar-refractivity contribution is 5.61.